The lowest BCUT2D eigenvalue weighted by Crippen LogP contribution is -2.68. The smallest absolute Gasteiger partial charge is 0.310 e. The third-order valence-electron chi connectivity index (χ3n) is 13.6. The van der Waals surface area contributed by atoms with Gasteiger partial charge in [0.05, 0.1) is 30.3 Å². The molecule has 0 unspecified atom stereocenters. The molecule has 0 heterocycles. The molecule has 4 saturated carbocycles. The van der Waals surface area contributed by atoms with Crippen molar-refractivity contribution in [2.45, 2.75) is 105 Å². The minimum Gasteiger partial charge on any atom is -0.481 e. The molecule has 0 bridgehead atoms. The molecule has 13 atom stereocenters. The Bertz CT molecular complexity index is 963. The quantitative estimate of drug-likeness (QED) is 0.363. The SMILES string of the molecule is C[C@H]1[C@H](C)[C@@H](O)C[C@]2(C(=O)O)CC[C@]3(C)C(=CC[C@@H]4[C@@]5(C)C[C@@H](O)[C@H](O)[C@@](C)(CO)[C@@H]5CC[C@]43C)[C@H]12. The molecule has 4 fully saturated rings. The fourth-order valence-electron chi connectivity index (χ4n) is 11.1. The summed E-state index contributed by atoms with van der Waals surface area (Å²) in [6, 6.07) is 0. The van der Waals surface area contributed by atoms with Crippen LogP contribution in [0.5, 0.6) is 0 Å². The molecular formula is C30H48O6. The zero-order chi connectivity index (χ0) is 26.6. The highest BCUT2D eigenvalue weighted by molar-refractivity contribution is 5.77. The van der Waals surface area contributed by atoms with E-state index in [1.165, 1.54) is 5.57 Å². The lowest BCUT2D eigenvalue weighted by molar-refractivity contribution is -0.244. The van der Waals surface area contributed by atoms with E-state index in [1.807, 2.05) is 6.92 Å². The number of carboxylic acid groups (broad SMARTS) is 1. The van der Waals surface area contributed by atoms with Crippen LogP contribution in [0.15, 0.2) is 11.6 Å². The number of carbonyl (C=O) groups is 1. The Labute approximate surface area is 216 Å². The summed E-state index contributed by atoms with van der Waals surface area (Å²) in [5.41, 5.74) is -0.846. The molecule has 5 aliphatic rings. The Hall–Kier alpha value is -0.950. The molecule has 5 aliphatic carbocycles. The summed E-state index contributed by atoms with van der Waals surface area (Å²) >= 11 is 0. The third kappa shape index (κ3) is 2.96. The highest BCUT2D eigenvalue weighted by Gasteiger charge is 2.71. The Morgan fingerprint density at radius 3 is 2.22 bits per heavy atom. The van der Waals surface area contributed by atoms with Crippen LogP contribution in [0.2, 0.25) is 0 Å². The maximum atomic E-state index is 12.8. The van der Waals surface area contributed by atoms with Crippen LogP contribution in [0.25, 0.3) is 0 Å². The summed E-state index contributed by atoms with van der Waals surface area (Å²) in [5, 5.41) is 53.7. The van der Waals surface area contributed by atoms with Crippen LogP contribution in [0.4, 0.5) is 0 Å². The number of fused-ring (bicyclic) bond motifs is 7. The first-order valence-corrected chi connectivity index (χ1v) is 14.2. The molecule has 0 amide bonds. The molecule has 0 spiro atoms. The number of hydrogen-bond acceptors (Lipinski definition) is 5. The van der Waals surface area contributed by atoms with Crippen LogP contribution >= 0.6 is 0 Å². The Morgan fingerprint density at radius 2 is 1.61 bits per heavy atom. The molecule has 5 rings (SSSR count). The molecule has 6 nitrogen and oxygen atoms in total. The summed E-state index contributed by atoms with van der Waals surface area (Å²) < 4.78 is 0. The van der Waals surface area contributed by atoms with Crippen LogP contribution < -0.4 is 0 Å². The van der Waals surface area contributed by atoms with Gasteiger partial charge in [-0.2, -0.15) is 0 Å². The second kappa shape index (κ2) is 8.03. The summed E-state index contributed by atoms with van der Waals surface area (Å²) in [7, 11) is 0. The fourth-order valence-corrected chi connectivity index (χ4v) is 11.1. The first-order chi connectivity index (χ1) is 16.6. The van der Waals surface area contributed by atoms with Gasteiger partial charge in [0.2, 0.25) is 0 Å². The van der Waals surface area contributed by atoms with Gasteiger partial charge in [-0.25, -0.2) is 0 Å². The fraction of sp³-hybridized carbons (Fsp3) is 0.900. The first kappa shape index (κ1) is 26.6. The molecule has 0 aromatic rings. The maximum Gasteiger partial charge on any atom is 0.310 e. The molecule has 0 aliphatic heterocycles. The van der Waals surface area contributed by atoms with Crippen LogP contribution in [0, 0.1) is 56.7 Å². The van der Waals surface area contributed by atoms with Crippen molar-refractivity contribution in [3.8, 4) is 0 Å². The molecule has 5 N–H and O–H groups in total. The predicted molar refractivity (Wildman–Crippen MR) is 137 cm³/mol. The van der Waals surface area contributed by atoms with E-state index in [4.69, 9.17) is 0 Å². The number of aliphatic carboxylic acids is 1. The first-order valence-electron chi connectivity index (χ1n) is 14.2. The number of carboxylic acids is 1. The Balaban J connectivity index is 1.62. The lowest BCUT2D eigenvalue weighted by Gasteiger charge is -2.71. The van der Waals surface area contributed by atoms with Crippen LogP contribution in [-0.2, 0) is 4.79 Å². The highest BCUT2D eigenvalue weighted by atomic mass is 16.4. The summed E-state index contributed by atoms with van der Waals surface area (Å²) in [4.78, 5) is 12.8. The van der Waals surface area contributed by atoms with Crippen molar-refractivity contribution in [1.82, 2.24) is 0 Å². The van der Waals surface area contributed by atoms with E-state index in [0.29, 0.717) is 19.3 Å². The van der Waals surface area contributed by atoms with E-state index in [2.05, 4.69) is 40.7 Å². The summed E-state index contributed by atoms with van der Waals surface area (Å²) in [5.74, 6) is -0.353. The molecule has 36 heavy (non-hydrogen) atoms. The highest BCUT2D eigenvalue weighted by Crippen LogP contribution is 2.75. The third-order valence-corrected chi connectivity index (χ3v) is 13.6. The maximum absolute atomic E-state index is 12.8. The normalized spacial score (nSPS) is 58.6. The van der Waals surface area contributed by atoms with Crippen molar-refractivity contribution in [3.63, 3.8) is 0 Å². The largest absolute Gasteiger partial charge is 0.481 e. The number of aliphatic hydroxyl groups excluding tert-OH is 4. The van der Waals surface area contributed by atoms with Crippen molar-refractivity contribution in [1.29, 1.82) is 0 Å². The van der Waals surface area contributed by atoms with Gasteiger partial charge in [0.15, 0.2) is 0 Å². The molecule has 0 saturated heterocycles. The topological polar surface area (TPSA) is 118 Å². The number of allylic oxidation sites excluding steroid dienone is 2. The van der Waals surface area contributed by atoms with Gasteiger partial charge in [-0.3, -0.25) is 4.79 Å². The van der Waals surface area contributed by atoms with Gasteiger partial charge in [-0.1, -0.05) is 53.2 Å². The molecule has 0 aromatic heterocycles. The van der Waals surface area contributed by atoms with Crippen LogP contribution in [0.1, 0.15) is 86.5 Å². The standard InChI is InChI=1S/C30H48O6/c1-16-17(2)23-18-7-8-22-26(3)13-20(33)24(34)27(4,15-31)21(26)9-10-29(22,6)28(18,5)11-12-30(23,25(35)36)14-19(16)32/h7,16-17,19-24,31-34H,8-15H2,1-6H3,(H,35,36)/t16-,17-,19-,20+,21+,22+,23-,24-,26-,27-,28+,29+,30+/m0/s1. The van der Waals surface area contributed by atoms with E-state index in [1.54, 1.807) is 0 Å². The van der Waals surface area contributed by atoms with Gasteiger partial charge in [0.25, 0.3) is 0 Å². The van der Waals surface area contributed by atoms with Gasteiger partial charge in [0, 0.05) is 5.41 Å². The Kier molecular flexibility index (Phi) is 5.95. The average Bonchev–Trinajstić information content (AvgIpc) is 2.81. The van der Waals surface area contributed by atoms with E-state index in [9.17, 15) is 30.3 Å². The molecular weight excluding hydrogens is 456 g/mol. The van der Waals surface area contributed by atoms with E-state index >= 15 is 0 Å². The minimum atomic E-state index is -0.933. The second-order valence-corrected chi connectivity index (χ2v) is 14.6. The minimum absolute atomic E-state index is 0.0461. The Morgan fingerprint density at radius 1 is 0.944 bits per heavy atom. The molecule has 0 aromatic carbocycles. The molecule has 0 radical (unpaired) electrons. The van der Waals surface area contributed by atoms with Crippen molar-refractivity contribution >= 4 is 5.97 Å². The van der Waals surface area contributed by atoms with Gasteiger partial charge < -0.3 is 25.5 Å². The second-order valence-electron chi connectivity index (χ2n) is 14.6. The van der Waals surface area contributed by atoms with Gasteiger partial charge >= 0.3 is 5.97 Å². The molecule has 6 heteroatoms. The monoisotopic (exact) mass is 504 g/mol. The zero-order valence-corrected chi connectivity index (χ0v) is 23.0. The summed E-state index contributed by atoms with van der Waals surface area (Å²) in [6.45, 7) is 13.0. The van der Waals surface area contributed by atoms with Crippen molar-refractivity contribution in [3.05, 3.63) is 11.6 Å². The molecule has 204 valence electrons. The van der Waals surface area contributed by atoms with Gasteiger partial charge in [-0.05, 0) is 90.8 Å². The average molecular weight is 505 g/mol. The lowest BCUT2D eigenvalue weighted by atomic mass is 9.33. The van der Waals surface area contributed by atoms with E-state index < -0.39 is 35.1 Å². The number of rotatable bonds is 2. The van der Waals surface area contributed by atoms with Crippen molar-refractivity contribution in [2.75, 3.05) is 6.61 Å². The van der Waals surface area contributed by atoms with Gasteiger partial charge in [-0.15, -0.1) is 0 Å². The van der Waals surface area contributed by atoms with Crippen LogP contribution in [-0.4, -0.2) is 56.4 Å². The van der Waals surface area contributed by atoms with E-state index in [-0.39, 0.29) is 52.4 Å². The van der Waals surface area contributed by atoms with Crippen molar-refractivity contribution < 1.29 is 30.3 Å². The van der Waals surface area contributed by atoms with E-state index in [0.717, 1.165) is 25.7 Å². The van der Waals surface area contributed by atoms with Crippen molar-refractivity contribution in [2.24, 2.45) is 56.7 Å². The zero-order valence-electron chi connectivity index (χ0n) is 23.0. The summed E-state index contributed by atoms with van der Waals surface area (Å²) in [6.07, 6.45) is 4.85. The van der Waals surface area contributed by atoms with Gasteiger partial charge in [0.1, 0.15) is 0 Å². The van der Waals surface area contributed by atoms with Crippen LogP contribution in [0.3, 0.4) is 0 Å². The number of hydrogen-bond donors (Lipinski definition) is 5. The predicted octanol–water partition coefficient (Wildman–Crippen LogP) is 4.00. The number of aliphatic hydroxyl groups is 4.